The highest BCUT2D eigenvalue weighted by Gasteiger charge is 2.17. The van der Waals surface area contributed by atoms with Gasteiger partial charge in [-0.1, -0.05) is 26.0 Å². The van der Waals surface area contributed by atoms with Gasteiger partial charge in [-0.3, -0.25) is 9.52 Å². The number of ether oxygens (including phenoxy) is 1. The number of sulfonamides is 1. The fraction of sp³-hybridized carbons (Fsp3) is 0.467. The molecule has 128 valence electrons. The first kappa shape index (κ1) is 19.0. The van der Waals surface area contributed by atoms with Crippen molar-refractivity contribution in [2.24, 2.45) is 0 Å². The molecule has 0 spiro atoms. The number of rotatable bonds is 8. The number of amides is 1. The molecule has 8 heteroatoms. The lowest BCUT2D eigenvalue weighted by molar-refractivity contribution is -0.125. The number of carbonyl (C=O) groups is 2. The van der Waals surface area contributed by atoms with E-state index >= 15 is 0 Å². The first-order valence-electron chi connectivity index (χ1n) is 7.30. The number of nitrogens with one attached hydrogen (secondary N) is 2. The summed E-state index contributed by atoms with van der Waals surface area (Å²) in [5.41, 5.74) is 0.161. The van der Waals surface area contributed by atoms with Crippen molar-refractivity contribution < 1.29 is 22.7 Å². The van der Waals surface area contributed by atoms with Crippen LogP contribution in [0.4, 0.5) is 5.69 Å². The highest BCUT2D eigenvalue weighted by Crippen LogP contribution is 2.17. The molecular weight excluding hydrogens is 320 g/mol. The molecule has 0 radical (unpaired) electrons. The molecule has 0 aliphatic rings. The average molecular weight is 342 g/mol. The van der Waals surface area contributed by atoms with Gasteiger partial charge >= 0.3 is 5.97 Å². The van der Waals surface area contributed by atoms with Crippen LogP contribution < -0.4 is 10.0 Å². The normalized spacial score (nSPS) is 11.1. The third-order valence-corrected chi connectivity index (χ3v) is 3.72. The highest BCUT2D eigenvalue weighted by molar-refractivity contribution is 7.92. The zero-order chi connectivity index (χ0) is 17.5. The van der Waals surface area contributed by atoms with Gasteiger partial charge in [-0.25, -0.2) is 13.2 Å². The maximum atomic E-state index is 12.0. The second-order valence-corrected chi connectivity index (χ2v) is 6.83. The van der Waals surface area contributed by atoms with Gasteiger partial charge < -0.3 is 10.1 Å². The van der Waals surface area contributed by atoms with Gasteiger partial charge in [0.2, 0.25) is 10.0 Å². The summed E-state index contributed by atoms with van der Waals surface area (Å²) in [6.07, 6.45) is 2.56. The standard InChI is InChI=1S/C15H22N2O5S/c1-4-11(5-2)16-14(18)10-22-15(19)12-8-6-7-9-13(12)17-23(3,20)21/h6-9,11,17H,4-5,10H2,1-3H3,(H,16,18). The number of esters is 1. The Balaban J connectivity index is 2.70. The Morgan fingerprint density at radius 1 is 1.17 bits per heavy atom. The topological polar surface area (TPSA) is 102 Å². The lowest BCUT2D eigenvalue weighted by Crippen LogP contribution is -2.36. The van der Waals surface area contributed by atoms with Crippen molar-refractivity contribution in [1.29, 1.82) is 0 Å². The fourth-order valence-electron chi connectivity index (χ4n) is 1.92. The second kappa shape index (κ2) is 8.52. The van der Waals surface area contributed by atoms with Crippen LogP contribution in [0.3, 0.4) is 0 Å². The van der Waals surface area contributed by atoms with E-state index in [0.29, 0.717) is 0 Å². The molecule has 1 aromatic carbocycles. The van der Waals surface area contributed by atoms with Crippen LogP contribution in [0.25, 0.3) is 0 Å². The Hall–Kier alpha value is -2.09. The number of carbonyl (C=O) groups excluding carboxylic acids is 2. The summed E-state index contributed by atoms with van der Waals surface area (Å²) in [7, 11) is -3.52. The average Bonchev–Trinajstić information content (AvgIpc) is 2.49. The van der Waals surface area contributed by atoms with E-state index in [1.54, 1.807) is 12.1 Å². The molecule has 0 aliphatic carbocycles. The molecule has 0 saturated carbocycles. The summed E-state index contributed by atoms with van der Waals surface area (Å²) in [4.78, 5) is 23.8. The van der Waals surface area contributed by atoms with Gasteiger partial charge in [0.25, 0.3) is 5.91 Å². The number of anilines is 1. The van der Waals surface area contributed by atoms with Gasteiger partial charge in [0, 0.05) is 6.04 Å². The van der Waals surface area contributed by atoms with Gasteiger partial charge in [-0.15, -0.1) is 0 Å². The number of hydrogen-bond donors (Lipinski definition) is 2. The molecular formula is C15H22N2O5S. The van der Waals surface area contributed by atoms with Crippen LogP contribution >= 0.6 is 0 Å². The molecule has 0 saturated heterocycles. The summed E-state index contributed by atoms with van der Waals surface area (Å²) >= 11 is 0. The predicted molar refractivity (Wildman–Crippen MR) is 87.7 cm³/mol. The number of benzene rings is 1. The number of hydrogen-bond acceptors (Lipinski definition) is 5. The van der Waals surface area contributed by atoms with Crippen LogP contribution in [-0.4, -0.2) is 39.2 Å². The third-order valence-electron chi connectivity index (χ3n) is 3.13. The summed E-state index contributed by atoms with van der Waals surface area (Å²) in [5.74, 6) is -1.16. The monoisotopic (exact) mass is 342 g/mol. The van der Waals surface area contributed by atoms with E-state index in [-0.39, 0.29) is 23.2 Å². The van der Waals surface area contributed by atoms with E-state index < -0.39 is 22.6 Å². The van der Waals surface area contributed by atoms with Crippen LogP contribution in [0.5, 0.6) is 0 Å². The molecule has 0 heterocycles. The summed E-state index contributed by atoms with van der Waals surface area (Å²) < 4.78 is 29.8. The van der Waals surface area contributed by atoms with Crippen LogP contribution in [0.1, 0.15) is 37.0 Å². The van der Waals surface area contributed by atoms with Crippen LogP contribution in [0.15, 0.2) is 24.3 Å². The Kier molecular flexibility index (Phi) is 7.02. The molecule has 0 fully saturated rings. The first-order chi connectivity index (χ1) is 10.8. The lowest BCUT2D eigenvalue weighted by Gasteiger charge is -2.15. The van der Waals surface area contributed by atoms with E-state index in [4.69, 9.17) is 4.74 Å². The Labute approximate surface area is 136 Å². The molecule has 1 rings (SSSR count). The smallest absolute Gasteiger partial charge is 0.340 e. The Morgan fingerprint density at radius 3 is 2.35 bits per heavy atom. The van der Waals surface area contributed by atoms with E-state index in [0.717, 1.165) is 19.1 Å². The van der Waals surface area contributed by atoms with E-state index in [1.165, 1.54) is 12.1 Å². The van der Waals surface area contributed by atoms with Crippen molar-refractivity contribution in [2.75, 3.05) is 17.6 Å². The van der Waals surface area contributed by atoms with Gasteiger partial charge in [-0.05, 0) is 25.0 Å². The van der Waals surface area contributed by atoms with Crippen molar-refractivity contribution in [2.45, 2.75) is 32.7 Å². The molecule has 1 amide bonds. The van der Waals surface area contributed by atoms with Crippen LogP contribution in [-0.2, 0) is 19.6 Å². The largest absolute Gasteiger partial charge is 0.452 e. The molecule has 0 aromatic heterocycles. The molecule has 0 unspecified atom stereocenters. The molecule has 0 atom stereocenters. The molecule has 2 N–H and O–H groups in total. The van der Waals surface area contributed by atoms with Crippen molar-refractivity contribution in [3.8, 4) is 0 Å². The van der Waals surface area contributed by atoms with Crippen LogP contribution in [0.2, 0.25) is 0 Å². The Morgan fingerprint density at radius 2 is 1.78 bits per heavy atom. The zero-order valence-electron chi connectivity index (χ0n) is 13.5. The highest BCUT2D eigenvalue weighted by atomic mass is 32.2. The van der Waals surface area contributed by atoms with Crippen molar-refractivity contribution in [3.63, 3.8) is 0 Å². The minimum Gasteiger partial charge on any atom is -0.452 e. The molecule has 0 bridgehead atoms. The van der Waals surface area contributed by atoms with Gasteiger partial charge in [0.1, 0.15) is 0 Å². The van der Waals surface area contributed by atoms with Crippen molar-refractivity contribution in [1.82, 2.24) is 5.32 Å². The molecule has 7 nitrogen and oxygen atoms in total. The minimum absolute atomic E-state index is 0.0420. The predicted octanol–water partition coefficient (Wildman–Crippen LogP) is 1.52. The maximum absolute atomic E-state index is 12.0. The quantitative estimate of drug-likeness (QED) is 0.698. The third kappa shape index (κ3) is 6.68. The fourth-order valence-corrected chi connectivity index (χ4v) is 2.50. The van der Waals surface area contributed by atoms with E-state index in [1.807, 2.05) is 13.8 Å². The zero-order valence-corrected chi connectivity index (χ0v) is 14.3. The molecule has 1 aromatic rings. The van der Waals surface area contributed by atoms with E-state index in [9.17, 15) is 18.0 Å². The van der Waals surface area contributed by atoms with Gasteiger partial charge in [-0.2, -0.15) is 0 Å². The van der Waals surface area contributed by atoms with Crippen molar-refractivity contribution in [3.05, 3.63) is 29.8 Å². The first-order valence-corrected chi connectivity index (χ1v) is 9.19. The van der Waals surface area contributed by atoms with E-state index in [2.05, 4.69) is 10.0 Å². The summed E-state index contributed by atoms with van der Waals surface area (Å²) in [6.45, 7) is 3.49. The van der Waals surface area contributed by atoms with Crippen molar-refractivity contribution >= 4 is 27.6 Å². The van der Waals surface area contributed by atoms with Gasteiger partial charge in [0.15, 0.2) is 6.61 Å². The summed E-state index contributed by atoms with van der Waals surface area (Å²) in [5, 5.41) is 2.75. The maximum Gasteiger partial charge on any atom is 0.340 e. The molecule has 0 aliphatic heterocycles. The number of para-hydroxylation sites is 1. The summed E-state index contributed by atoms with van der Waals surface area (Å²) in [6, 6.07) is 6.08. The second-order valence-electron chi connectivity index (χ2n) is 5.08. The van der Waals surface area contributed by atoms with Gasteiger partial charge in [0.05, 0.1) is 17.5 Å². The Bertz CT molecular complexity index is 654. The lowest BCUT2D eigenvalue weighted by atomic mass is 10.2. The SMILES string of the molecule is CCC(CC)NC(=O)COC(=O)c1ccccc1NS(C)(=O)=O. The van der Waals surface area contributed by atoms with Crippen LogP contribution in [0, 0.1) is 0 Å². The minimum atomic E-state index is -3.52. The molecule has 23 heavy (non-hydrogen) atoms.